The highest BCUT2D eigenvalue weighted by molar-refractivity contribution is 5.85. The SMILES string of the molecule is O=C(NC[C@H]1C[C@H]1C(=O)NCc1ccc(C(=O)O)nc1)OCC1c2ccccc2-c2ccccc21. The van der Waals surface area contributed by atoms with E-state index in [2.05, 4.69) is 39.9 Å². The van der Waals surface area contributed by atoms with Crippen LogP contribution < -0.4 is 10.6 Å². The van der Waals surface area contributed by atoms with Crippen LogP contribution in [0.15, 0.2) is 66.9 Å². The van der Waals surface area contributed by atoms with E-state index in [4.69, 9.17) is 9.84 Å². The lowest BCUT2D eigenvalue weighted by atomic mass is 9.98. The number of pyridine rings is 1. The van der Waals surface area contributed by atoms with Crippen molar-refractivity contribution in [1.82, 2.24) is 15.6 Å². The van der Waals surface area contributed by atoms with Gasteiger partial charge in [-0.3, -0.25) is 4.79 Å². The molecule has 1 aromatic heterocycles. The van der Waals surface area contributed by atoms with Crippen LogP contribution in [0.1, 0.15) is 39.5 Å². The van der Waals surface area contributed by atoms with Crippen LogP contribution in [0.3, 0.4) is 0 Å². The van der Waals surface area contributed by atoms with E-state index in [-0.39, 0.29) is 42.5 Å². The van der Waals surface area contributed by atoms with Crippen LogP contribution in [0.4, 0.5) is 4.79 Å². The summed E-state index contributed by atoms with van der Waals surface area (Å²) in [4.78, 5) is 39.4. The molecule has 0 saturated heterocycles. The van der Waals surface area contributed by atoms with Gasteiger partial charge in [0.15, 0.2) is 0 Å². The van der Waals surface area contributed by atoms with Gasteiger partial charge in [0.1, 0.15) is 12.3 Å². The molecular weight excluding hydrogens is 446 g/mol. The molecule has 5 rings (SSSR count). The summed E-state index contributed by atoms with van der Waals surface area (Å²) in [6.07, 6.45) is 1.65. The Morgan fingerprint density at radius 2 is 1.63 bits per heavy atom. The Kier molecular flexibility index (Phi) is 6.18. The zero-order valence-corrected chi connectivity index (χ0v) is 18.9. The van der Waals surface area contributed by atoms with Gasteiger partial charge in [-0.1, -0.05) is 54.6 Å². The number of alkyl carbamates (subject to hydrolysis) is 1. The molecule has 2 aliphatic rings. The van der Waals surface area contributed by atoms with Crippen LogP contribution >= 0.6 is 0 Å². The first-order valence-electron chi connectivity index (χ1n) is 11.6. The second-order valence-corrected chi connectivity index (χ2v) is 8.88. The van der Waals surface area contributed by atoms with Gasteiger partial charge in [0.2, 0.25) is 5.91 Å². The average Bonchev–Trinajstić information content (AvgIpc) is 3.60. The average molecular weight is 472 g/mol. The largest absolute Gasteiger partial charge is 0.477 e. The molecule has 1 saturated carbocycles. The number of benzene rings is 2. The molecule has 2 aliphatic carbocycles. The molecule has 178 valence electrons. The van der Waals surface area contributed by atoms with Gasteiger partial charge in [0.25, 0.3) is 0 Å². The Labute approximate surface area is 202 Å². The van der Waals surface area contributed by atoms with Crippen LogP contribution in [0.2, 0.25) is 0 Å². The number of carboxylic acids is 1. The predicted molar refractivity (Wildman–Crippen MR) is 128 cm³/mol. The number of nitrogens with zero attached hydrogens (tertiary/aromatic N) is 1. The highest BCUT2D eigenvalue weighted by atomic mass is 16.5. The molecule has 2 amide bonds. The first-order valence-corrected chi connectivity index (χ1v) is 11.6. The molecule has 0 radical (unpaired) electrons. The third-order valence-corrected chi connectivity index (χ3v) is 6.62. The summed E-state index contributed by atoms with van der Waals surface area (Å²) in [5.74, 6) is -1.26. The first kappa shape index (κ1) is 22.6. The zero-order chi connectivity index (χ0) is 24.4. The number of aromatic carboxylic acids is 1. The number of amides is 2. The fraction of sp³-hybridized carbons (Fsp3) is 0.259. The third-order valence-electron chi connectivity index (χ3n) is 6.62. The molecule has 0 bridgehead atoms. The van der Waals surface area contributed by atoms with E-state index in [1.807, 2.05) is 24.3 Å². The summed E-state index contributed by atoms with van der Waals surface area (Å²) in [6.45, 7) is 0.904. The van der Waals surface area contributed by atoms with Crippen molar-refractivity contribution >= 4 is 18.0 Å². The van der Waals surface area contributed by atoms with Crippen LogP contribution in [-0.2, 0) is 16.1 Å². The molecule has 8 nitrogen and oxygen atoms in total. The molecule has 3 aromatic rings. The minimum absolute atomic E-state index is 0.00616. The van der Waals surface area contributed by atoms with Crippen molar-refractivity contribution in [2.45, 2.75) is 18.9 Å². The van der Waals surface area contributed by atoms with Gasteiger partial charge in [-0.15, -0.1) is 0 Å². The van der Waals surface area contributed by atoms with E-state index in [0.29, 0.717) is 13.0 Å². The molecule has 1 heterocycles. The summed E-state index contributed by atoms with van der Waals surface area (Å²) in [6, 6.07) is 19.4. The fourth-order valence-electron chi connectivity index (χ4n) is 4.63. The highest BCUT2D eigenvalue weighted by Crippen LogP contribution is 2.44. The number of nitrogens with one attached hydrogen (secondary N) is 2. The van der Waals surface area contributed by atoms with E-state index in [0.717, 1.165) is 16.7 Å². The highest BCUT2D eigenvalue weighted by Gasteiger charge is 2.42. The lowest BCUT2D eigenvalue weighted by molar-refractivity contribution is -0.122. The molecule has 2 atom stereocenters. The number of carboxylic acid groups (broad SMARTS) is 1. The van der Waals surface area contributed by atoms with Gasteiger partial charge in [0.05, 0.1) is 0 Å². The van der Waals surface area contributed by atoms with Gasteiger partial charge < -0.3 is 20.5 Å². The molecule has 2 aromatic carbocycles. The van der Waals surface area contributed by atoms with Crippen molar-refractivity contribution in [2.24, 2.45) is 11.8 Å². The molecule has 0 spiro atoms. The number of carbonyl (C=O) groups is 3. The Morgan fingerprint density at radius 3 is 2.26 bits per heavy atom. The standard InChI is InChI=1S/C27H25N3O5/c31-25(29-13-16-9-10-24(26(32)33)28-12-16)22-11-17(22)14-30-27(34)35-15-23-20-7-3-1-5-18(20)19-6-2-4-8-21(19)23/h1-10,12,17,22-23H,11,13-15H2,(H,29,31)(H,30,34)(H,32,33)/t17-,22-/m1/s1. The quantitative estimate of drug-likeness (QED) is 0.462. The maximum Gasteiger partial charge on any atom is 0.407 e. The monoisotopic (exact) mass is 471 g/mol. The summed E-state index contributed by atoms with van der Waals surface area (Å²) >= 11 is 0. The third kappa shape index (κ3) is 4.87. The van der Waals surface area contributed by atoms with Crippen molar-refractivity contribution in [3.05, 3.63) is 89.2 Å². The Hall–Kier alpha value is -4.20. The van der Waals surface area contributed by atoms with Crippen molar-refractivity contribution in [1.29, 1.82) is 0 Å². The van der Waals surface area contributed by atoms with Crippen molar-refractivity contribution in [2.75, 3.05) is 13.2 Å². The second kappa shape index (κ2) is 9.58. The van der Waals surface area contributed by atoms with Gasteiger partial charge in [0, 0.05) is 31.1 Å². The minimum atomic E-state index is -1.09. The van der Waals surface area contributed by atoms with E-state index in [9.17, 15) is 14.4 Å². The van der Waals surface area contributed by atoms with Gasteiger partial charge in [-0.25, -0.2) is 14.6 Å². The molecular formula is C27H25N3O5. The fourth-order valence-corrected chi connectivity index (χ4v) is 4.63. The van der Waals surface area contributed by atoms with Crippen LogP contribution in [0.5, 0.6) is 0 Å². The number of carbonyl (C=O) groups excluding carboxylic acids is 2. The minimum Gasteiger partial charge on any atom is -0.477 e. The predicted octanol–water partition coefficient (Wildman–Crippen LogP) is 3.57. The maximum atomic E-state index is 12.4. The van der Waals surface area contributed by atoms with Crippen molar-refractivity contribution in [3.8, 4) is 11.1 Å². The maximum absolute atomic E-state index is 12.4. The smallest absolute Gasteiger partial charge is 0.407 e. The topological polar surface area (TPSA) is 118 Å². The number of hydrogen-bond donors (Lipinski definition) is 3. The number of ether oxygens (including phenoxy) is 1. The summed E-state index contributed by atoms with van der Waals surface area (Å²) < 4.78 is 5.55. The lowest BCUT2D eigenvalue weighted by Gasteiger charge is -2.14. The Morgan fingerprint density at radius 1 is 0.943 bits per heavy atom. The van der Waals surface area contributed by atoms with Crippen LogP contribution in [0.25, 0.3) is 11.1 Å². The number of hydrogen-bond acceptors (Lipinski definition) is 5. The van der Waals surface area contributed by atoms with E-state index in [1.165, 1.54) is 23.4 Å². The molecule has 0 unspecified atom stereocenters. The van der Waals surface area contributed by atoms with Crippen LogP contribution in [0, 0.1) is 11.8 Å². The van der Waals surface area contributed by atoms with Crippen LogP contribution in [-0.4, -0.2) is 41.2 Å². The number of rotatable bonds is 8. The van der Waals surface area contributed by atoms with E-state index < -0.39 is 12.1 Å². The lowest BCUT2D eigenvalue weighted by Crippen LogP contribution is -2.30. The number of fused-ring (bicyclic) bond motifs is 3. The molecule has 3 N–H and O–H groups in total. The summed E-state index contributed by atoms with van der Waals surface area (Å²) in [5, 5.41) is 14.5. The second-order valence-electron chi connectivity index (χ2n) is 8.88. The molecule has 35 heavy (non-hydrogen) atoms. The molecule has 0 aliphatic heterocycles. The Bertz CT molecular complexity index is 1230. The normalized spacial score (nSPS) is 17.7. The summed E-state index contributed by atoms with van der Waals surface area (Å²) in [7, 11) is 0. The van der Waals surface area contributed by atoms with Crippen molar-refractivity contribution < 1.29 is 24.2 Å². The number of aromatic nitrogens is 1. The molecule has 1 fully saturated rings. The first-order chi connectivity index (χ1) is 17.0. The van der Waals surface area contributed by atoms with Gasteiger partial charge in [-0.05, 0) is 46.2 Å². The van der Waals surface area contributed by atoms with Crippen molar-refractivity contribution in [3.63, 3.8) is 0 Å². The van der Waals surface area contributed by atoms with Gasteiger partial charge in [-0.2, -0.15) is 0 Å². The van der Waals surface area contributed by atoms with Gasteiger partial charge >= 0.3 is 12.1 Å². The Balaban J connectivity index is 1.06. The van der Waals surface area contributed by atoms with E-state index in [1.54, 1.807) is 6.07 Å². The zero-order valence-electron chi connectivity index (χ0n) is 18.9. The molecule has 8 heteroatoms. The van der Waals surface area contributed by atoms with E-state index >= 15 is 0 Å². The summed E-state index contributed by atoms with van der Waals surface area (Å²) in [5.41, 5.74) is 5.36.